The number of ether oxygens (including phenoxy) is 1. The van der Waals surface area contributed by atoms with Crippen LogP contribution in [0.25, 0.3) is 10.8 Å². The van der Waals surface area contributed by atoms with E-state index in [2.05, 4.69) is 6.92 Å². The van der Waals surface area contributed by atoms with Crippen LogP contribution in [0.4, 0.5) is 13.2 Å². The van der Waals surface area contributed by atoms with Crippen LogP contribution in [-0.4, -0.2) is 12.8 Å². The van der Waals surface area contributed by atoms with Crippen LogP contribution < -0.4 is 10.5 Å². The Labute approximate surface area is 159 Å². The third kappa shape index (κ3) is 7.06. The van der Waals surface area contributed by atoms with Gasteiger partial charge in [0.05, 0.1) is 6.61 Å². The highest BCUT2D eigenvalue weighted by Crippen LogP contribution is 2.32. The quantitative estimate of drug-likeness (QED) is 0.429. The molecule has 2 N–H and O–H groups in total. The number of alkyl halides is 3. The molecular weight excluding hydrogens is 351 g/mol. The maximum atomic E-state index is 12.8. The van der Waals surface area contributed by atoms with E-state index in [1.165, 1.54) is 57.1 Å². The number of hydrogen-bond acceptors (Lipinski definition) is 2. The second-order valence-electron chi connectivity index (χ2n) is 7.11. The summed E-state index contributed by atoms with van der Waals surface area (Å²) in [5.74, 6) is 0.748. The molecule has 0 saturated carbocycles. The Morgan fingerprint density at radius 2 is 1.44 bits per heavy atom. The molecular formula is C22H30F3NO. The van der Waals surface area contributed by atoms with E-state index in [-0.39, 0.29) is 5.56 Å². The Hall–Kier alpha value is -1.75. The largest absolute Gasteiger partial charge is 0.494 e. The van der Waals surface area contributed by atoms with Gasteiger partial charge in [0.25, 0.3) is 0 Å². The molecule has 1 atom stereocenters. The van der Waals surface area contributed by atoms with E-state index in [1.807, 2.05) is 6.07 Å². The highest BCUT2D eigenvalue weighted by atomic mass is 19.4. The Kier molecular flexibility index (Phi) is 8.42. The summed E-state index contributed by atoms with van der Waals surface area (Å²) in [7, 11) is 0. The summed E-state index contributed by atoms with van der Waals surface area (Å²) in [6.07, 6.45) is 5.53. The summed E-state index contributed by atoms with van der Waals surface area (Å²) in [5, 5.41) is 1.58. The predicted molar refractivity (Wildman–Crippen MR) is 105 cm³/mol. The van der Waals surface area contributed by atoms with Gasteiger partial charge in [-0.15, -0.1) is 0 Å². The van der Waals surface area contributed by atoms with Gasteiger partial charge < -0.3 is 10.5 Å². The Morgan fingerprint density at radius 3 is 2.11 bits per heavy atom. The molecule has 0 spiro atoms. The lowest BCUT2D eigenvalue weighted by atomic mass is 10.0. The minimum Gasteiger partial charge on any atom is -0.494 e. The molecule has 150 valence electrons. The molecule has 2 nitrogen and oxygen atoms in total. The molecule has 0 heterocycles. The zero-order valence-corrected chi connectivity index (χ0v) is 16.0. The third-order valence-electron chi connectivity index (χ3n) is 4.81. The molecule has 0 saturated heterocycles. The predicted octanol–water partition coefficient (Wildman–Crippen LogP) is 6.92. The monoisotopic (exact) mass is 381 g/mol. The first-order valence-corrected chi connectivity index (χ1v) is 9.90. The zero-order chi connectivity index (χ0) is 19.7. The van der Waals surface area contributed by atoms with Gasteiger partial charge in [-0.1, -0.05) is 70.1 Å². The summed E-state index contributed by atoms with van der Waals surface area (Å²) in [5.41, 5.74) is 5.35. The molecule has 0 aliphatic carbocycles. The lowest BCUT2D eigenvalue weighted by Gasteiger charge is -2.16. The van der Waals surface area contributed by atoms with Gasteiger partial charge in [0, 0.05) is 0 Å². The number of nitrogens with two attached hydrogens (primary N) is 1. The summed E-state index contributed by atoms with van der Waals surface area (Å²) in [6, 6.07) is 8.09. The van der Waals surface area contributed by atoms with Crippen molar-refractivity contribution in [3.05, 3.63) is 42.0 Å². The van der Waals surface area contributed by atoms with E-state index in [4.69, 9.17) is 10.5 Å². The number of benzene rings is 2. The number of fused-ring (bicyclic) bond motifs is 1. The van der Waals surface area contributed by atoms with Crippen molar-refractivity contribution in [1.82, 2.24) is 0 Å². The van der Waals surface area contributed by atoms with E-state index in [1.54, 1.807) is 18.2 Å². The SMILES string of the molecule is CCCCCCCCCCOc1ccc2cc([C@H](N)C(F)(F)F)ccc2c1. The fourth-order valence-corrected chi connectivity index (χ4v) is 3.14. The van der Waals surface area contributed by atoms with Gasteiger partial charge >= 0.3 is 6.18 Å². The molecule has 0 radical (unpaired) electrons. The van der Waals surface area contributed by atoms with Crippen LogP contribution in [0.3, 0.4) is 0 Å². The molecule has 2 rings (SSSR count). The highest BCUT2D eigenvalue weighted by molar-refractivity contribution is 5.84. The fraction of sp³-hybridized carbons (Fsp3) is 0.545. The molecule has 27 heavy (non-hydrogen) atoms. The number of hydrogen-bond donors (Lipinski definition) is 1. The van der Waals surface area contributed by atoms with E-state index in [0.717, 1.165) is 22.9 Å². The minimum absolute atomic E-state index is 0.0719. The highest BCUT2D eigenvalue weighted by Gasteiger charge is 2.37. The van der Waals surface area contributed by atoms with Crippen molar-refractivity contribution in [2.24, 2.45) is 5.73 Å². The summed E-state index contributed by atoms with van der Waals surface area (Å²) in [6.45, 7) is 2.89. The maximum Gasteiger partial charge on any atom is 0.407 e. The molecule has 0 aliphatic rings. The van der Waals surface area contributed by atoms with Crippen LogP contribution in [-0.2, 0) is 0 Å². The van der Waals surface area contributed by atoms with E-state index >= 15 is 0 Å². The average Bonchev–Trinajstić information content (AvgIpc) is 2.65. The molecule has 0 fully saturated rings. The van der Waals surface area contributed by atoms with Crippen molar-refractivity contribution in [2.75, 3.05) is 6.61 Å². The van der Waals surface area contributed by atoms with E-state index < -0.39 is 12.2 Å². The van der Waals surface area contributed by atoms with Crippen LogP contribution in [0.15, 0.2) is 36.4 Å². The maximum absolute atomic E-state index is 12.8. The molecule has 0 aromatic heterocycles. The van der Waals surface area contributed by atoms with E-state index in [9.17, 15) is 13.2 Å². The molecule has 2 aromatic carbocycles. The number of unbranched alkanes of at least 4 members (excludes halogenated alkanes) is 7. The second-order valence-corrected chi connectivity index (χ2v) is 7.11. The normalized spacial score (nSPS) is 13.1. The zero-order valence-electron chi connectivity index (χ0n) is 16.0. The topological polar surface area (TPSA) is 35.2 Å². The van der Waals surface area contributed by atoms with Crippen molar-refractivity contribution in [2.45, 2.75) is 70.5 Å². The molecule has 0 unspecified atom stereocenters. The minimum atomic E-state index is -4.44. The lowest BCUT2D eigenvalue weighted by Crippen LogP contribution is -2.28. The molecule has 0 bridgehead atoms. The lowest BCUT2D eigenvalue weighted by molar-refractivity contribution is -0.149. The molecule has 0 aliphatic heterocycles. The first-order chi connectivity index (χ1) is 12.9. The molecule has 2 aromatic rings. The van der Waals surface area contributed by atoms with Gasteiger partial charge in [0.2, 0.25) is 0 Å². The first kappa shape index (κ1) is 21.5. The van der Waals surface area contributed by atoms with Crippen molar-refractivity contribution in [3.63, 3.8) is 0 Å². The van der Waals surface area contributed by atoms with Crippen molar-refractivity contribution >= 4 is 10.8 Å². The summed E-state index contributed by atoms with van der Waals surface area (Å²) >= 11 is 0. The van der Waals surface area contributed by atoms with Crippen molar-refractivity contribution in [1.29, 1.82) is 0 Å². The molecule has 0 amide bonds. The van der Waals surface area contributed by atoms with Crippen LogP contribution in [0.1, 0.15) is 69.9 Å². The van der Waals surface area contributed by atoms with Crippen molar-refractivity contribution < 1.29 is 17.9 Å². The molecule has 5 heteroatoms. The first-order valence-electron chi connectivity index (χ1n) is 9.90. The van der Waals surface area contributed by atoms with Gasteiger partial charge in [-0.3, -0.25) is 0 Å². The van der Waals surface area contributed by atoms with Crippen LogP contribution in [0, 0.1) is 0 Å². The van der Waals surface area contributed by atoms with Gasteiger partial charge in [-0.05, 0) is 41.0 Å². The standard InChI is InChI=1S/C22H30F3NO/c1-2-3-4-5-6-7-8-9-14-27-20-13-12-17-15-19(11-10-18(17)16-20)21(26)22(23,24)25/h10-13,15-16,21H,2-9,14,26H2,1H3/t21-/m0/s1. The van der Waals surface area contributed by atoms with Gasteiger partial charge in [0.15, 0.2) is 0 Å². The number of halogens is 3. The Bertz CT molecular complexity index is 700. The third-order valence-corrected chi connectivity index (χ3v) is 4.81. The van der Waals surface area contributed by atoms with Crippen LogP contribution >= 0.6 is 0 Å². The van der Waals surface area contributed by atoms with E-state index in [0.29, 0.717) is 6.61 Å². The average molecular weight is 381 g/mol. The summed E-state index contributed by atoms with van der Waals surface area (Å²) < 4.78 is 44.1. The second kappa shape index (κ2) is 10.5. The van der Waals surface area contributed by atoms with Gasteiger partial charge in [0.1, 0.15) is 11.8 Å². The van der Waals surface area contributed by atoms with Crippen LogP contribution in [0.2, 0.25) is 0 Å². The van der Waals surface area contributed by atoms with Crippen molar-refractivity contribution in [3.8, 4) is 5.75 Å². The number of rotatable bonds is 11. The Balaban J connectivity index is 1.79. The fourth-order valence-electron chi connectivity index (χ4n) is 3.14. The Morgan fingerprint density at radius 1 is 0.852 bits per heavy atom. The van der Waals surface area contributed by atoms with Crippen LogP contribution in [0.5, 0.6) is 5.75 Å². The summed E-state index contributed by atoms with van der Waals surface area (Å²) in [4.78, 5) is 0. The smallest absolute Gasteiger partial charge is 0.407 e. The van der Waals surface area contributed by atoms with Gasteiger partial charge in [-0.25, -0.2) is 0 Å². The van der Waals surface area contributed by atoms with Gasteiger partial charge in [-0.2, -0.15) is 13.2 Å².